The van der Waals surface area contributed by atoms with Crippen molar-refractivity contribution >= 4 is 34.9 Å². The number of ether oxygens (including phenoxy) is 5. The molecular weight excluding hydrogens is 518 g/mol. The Balaban J connectivity index is 1.14. The molecule has 2 aromatic heterocycles. The van der Waals surface area contributed by atoms with Crippen LogP contribution in [0.2, 0.25) is 5.15 Å². The average Bonchev–Trinajstić information content (AvgIpc) is 3.18. The number of esters is 1. The van der Waals surface area contributed by atoms with Gasteiger partial charge in [-0.15, -0.1) is 10.2 Å². The van der Waals surface area contributed by atoms with Gasteiger partial charge in [0.05, 0.1) is 57.7 Å². The third-order valence-electron chi connectivity index (χ3n) is 6.21. The molecule has 2 N–H and O–H groups in total. The molecule has 2 saturated heterocycles. The quantitative estimate of drug-likeness (QED) is 0.251. The van der Waals surface area contributed by atoms with Crippen molar-refractivity contribution in [3.05, 3.63) is 23.6 Å². The van der Waals surface area contributed by atoms with Gasteiger partial charge in [-0.05, 0) is 19.8 Å². The SMILES string of the molecule is CCOC(=O)COCCOCCOCCOc1cncc(N2C3CCC2CN(c2cc(Cl)nnc2N)C3)n1. The number of aromatic nitrogens is 4. The van der Waals surface area contributed by atoms with Crippen LogP contribution in [0.1, 0.15) is 19.8 Å². The fourth-order valence-corrected chi connectivity index (χ4v) is 4.77. The van der Waals surface area contributed by atoms with Crippen LogP contribution in [0, 0.1) is 0 Å². The molecule has 0 radical (unpaired) electrons. The molecule has 4 rings (SSSR count). The lowest BCUT2D eigenvalue weighted by Gasteiger charge is -2.42. The summed E-state index contributed by atoms with van der Waals surface area (Å²) in [4.78, 5) is 24.7. The van der Waals surface area contributed by atoms with Crippen LogP contribution in [0.25, 0.3) is 0 Å². The minimum Gasteiger partial charge on any atom is -0.474 e. The van der Waals surface area contributed by atoms with Crippen LogP contribution in [0.5, 0.6) is 5.88 Å². The first-order valence-corrected chi connectivity index (χ1v) is 13.1. The Morgan fingerprint density at radius 1 is 1.03 bits per heavy atom. The first kappa shape index (κ1) is 28.0. The van der Waals surface area contributed by atoms with Gasteiger partial charge in [0, 0.05) is 31.2 Å². The summed E-state index contributed by atoms with van der Waals surface area (Å²) in [5, 5.41) is 8.10. The van der Waals surface area contributed by atoms with E-state index in [1.165, 1.54) is 0 Å². The Hall–Kier alpha value is -3.00. The zero-order chi connectivity index (χ0) is 26.7. The predicted octanol–water partition coefficient (Wildman–Crippen LogP) is 1.35. The Morgan fingerprint density at radius 3 is 2.42 bits per heavy atom. The smallest absolute Gasteiger partial charge is 0.332 e. The number of nitrogen functional groups attached to an aromatic ring is 1. The fraction of sp³-hybridized carbons (Fsp3) is 0.625. The number of halogens is 1. The molecule has 2 aliphatic rings. The standard InChI is InChI=1S/C24H34ClN7O6/c1-2-37-23(33)16-36-8-7-34-5-6-35-9-10-38-22-13-27-12-21(28-22)32-17-3-4-18(32)15-31(14-17)19-11-20(25)29-30-24(19)26/h11-13,17-18H,2-10,14-16H2,1H3,(H2,26,30). The third-order valence-corrected chi connectivity index (χ3v) is 6.39. The Labute approximate surface area is 226 Å². The van der Waals surface area contributed by atoms with Crippen LogP contribution >= 0.6 is 11.6 Å². The Bertz CT molecular complexity index is 1040. The maximum atomic E-state index is 11.1. The first-order valence-electron chi connectivity index (χ1n) is 12.7. The van der Waals surface area contributed by atoms with Crippen molar-refractivity contribution < 1.29 is 28.5 Å². The van der Waals surface area contributed by atoms with E-state index < -0.39 is 0 Å². The van der Waals surface area contributed by atoms with Crippen LogP contribution in [-0.2, 0) is 23.7 Å². The average molecular weight is 552 g/mol. The molecule has 38 heavy (non-hydrogen) atoms. The van der Waals surface area contributed by atoms with E-state index in [-0.39, 0.29) is 24.7 Å². The van der Waals surface area contributed by atoms with Crippen LogP contribution in [0.15, 0.2) is 18.5 Å². The molecule has 0 aliphatic carbocycles. The summed E-state index contributed by atoms with van der Waals surface area (Å²) in [6.45, 7) is 5.85. The van der Waals surface area contributed by atoms with Gasteiger partial charge in [-0.1, -0.05) is 11.6 Å². The maximum Gasteiger partial charge on any atom is 0.332 e. The van der Waals surface area contributed by atoms with Crippen LogP contribution in [0.4, 0.5) is 17.3 Å². The molecule has 2 atom stereocenters. The normalized spacial score (nSPS) is 18.6. The highest BCUT2D eigenvalue weighted by Gasteiger charge is 2.41. The molecule has 0 spiro atoms. The van der Waals surface area contributed by atoms with Crippen molar-refractivity contribution in [1.82, 2.24) is 20.2 Å². The molecule has 208 valence electrons. The van der Waals surface area contributed by atoms with E-state index in [4.69, 9.17) is 46.0 Å². The molecule has 0 amide bonds. The largest absolute Gasteiger partial charge is 0.474 e. The number of anilines is 3. The highest BCUT2D eigenvalue weighted by molar-refractivity contribution is 6.29. The lowest BCUT2D eigenvalue weighted by molar-refractivity contribution is -0.149. The second-order valence-corrected chi connectivity index (χ2v) is 9.17. The number of fused-ring (bicyclic) bond motifs is 2. The van der Waals surface area contributed by atoms with E-state index in [1.807, 2.05) is 0 Å². The summed E-state index contributed by atoms with van der Waals surface area (Å²) in [7, 11) is 0. The fourth-order valence-electron chi connectivity index (χ4n) is 4.63. The molecule has 4 heterocycles. The topological polar surface area (TPSA) is 147 Å². The van der Waals surface area contributed by atoms with E-state index in [2.05, 4.69) is 25.0 Å². The Morgan fingerprint density at radius 2 is 1.71 bits per heavy atom. The maximum absolute atomic E-state index is 11.1. The summed E-state index contributed by atoms with van der Waals surface area (Å²) in [6.07, 6.45) is 5.48. The van der Waals surface area contributed by atoms with Crippen molar-refractivity contribution in [2.75, 3.05) is 81.5 Å². The minimum absolute atomic E-state index is 0.0690. The molecule has 13 nitrogen and oxygen atoms in total. The van der Waals surface area contributed by atoms with Crippen LogP contribution in [0.3, 0.4) is 0 Å². The van der Waals surface area contributed by atoms with Gasteiger partial charge in [-0.3, -0.25) is 4.98 Å². The molecule has 2 bridgehead atoms. The van der Waals surface area contributed by atoms with Gasteiger partial charge < -0.3 is 39.2 Å². The summed E-state index contributed by atoms with van der Waals surface area (Å²) >= 11 is 6.05. The van der Waals surface area contributed by atoms with Gasteiger partial charge >= 0.3 is 5.97 Å². The van der Waals surface area contributed by atoms with Crippen molar-refractivity contribution in [2.24, 2.45) is 0 Å². The van der Waals surface area contributed by atoms with E-state index in [1.54, 1.807) is 25.4 Å². The van der Waals surface area contributed by atoms with Gasteiger partial charge in [-0.25, -0.2) is 4.79 Å². The lowest BCUT2D eigenvalue weighted by atomic mass is 10.1. The molecule has 2 aliphatic heterocycles. The summed E-state index contributed by atoms with van der Waals surface area (Å²) < 4.78 is 26.6. The van der Waals surface area contributed by atoms with Crippen molar-refractivity contribution in [3.63, 3.8) is 0 Å². The number of hydrogen-bond donors (Lipinski definition) is 1. The van der Waals surface area contributed by atoms with E-state index >= 15 is 0 Å². The van der Waals surface area contributed by atoms with Crippen molar-refractivity contribution in [3.8, 4) is 5.88 Å². The number of hydrogen-bond acceptors (Lipinski definition) is 13. The van der Waals surface area contributed by atoms with E-state index in [9.17, 15) is 4.79 Å². The highest BCUT2D eigenvalue weighted by Crippen LogP contribution is 2.37. The van der Waals surface area contributed by atoms with Gasteiger partial charge in [0.15, 0.2) is 16.8 Å². The molecular formula is C24H34ClN7O6. The number of piperazine rings is 1. The summed E-state index contributed by atoms with van der Waals surface area (Å²) in [6, 6.07) is 2.30. The Kier molecular flexibility index (Phi) is 10.5. The lowest BCUT2D eigenvalue weighted by Crippen LogP contribution is -2.54. The molecule has 2 unspecified atom stereocenters. The number of carbonyl (C=O) groups is 1. The molecule has 0 aromatic carbocycles. The van der Waals surface area contributed by atoms with Crippen molar-refractivity contribution in [2.45, 2.75) is 31.8 Å². The van der Waals surface area contributed by atoms with Gasteiger partial charge in [0.1, 0.15) is 13.2 Å². The van der Waals surface area contributed by atoms with Gasteiger partial charge in [0.25, 0.3) is 0 Å². The number of nitrogens with zero attached hydrogens (tertiary/aromatic N) is 6. The third kappa shape index (κ3) is 7.76. The second-order valence-electron chi connectivity index (χ2n) is 8.78. The molecule has 0 saturated carbocycles. The second kappa shape index (κ2) is 14.2. The van der Waals surface area contributed by atoms with Crippen LogP contribution < -0.4 is 20.3 Å². The van der Waals surface area contributed by atoms with Gasteiger partial charge in [0.2, 0.25) is 5.88 Å². The van der Waals surface area contributed by atoms with Crippen molar-refractivity contribution in [1.29, 1.82) is 0 Å². The molecule has 14 heteroatoms. The van der Waals surface area contributed by atoms with Gasteiger partial charge in [-0.2, -0.15) is 4.98 Å². The summed E-state index contributed by atoms with van der Waals surface area (Å²) in [5.74, 6) is 1.26. The minimum atomic E-state index is -0.379. The molecule has 2 aromatic rings. The number of nitrogens with two attached hydrogens (primary N) is 1. The monoisotopic (exact) mass is 551 g/mol. The zero-order valence-corrected chi connectivity index (χ0v) is 22.2. The predicted molar refractivity (Wildman–Crippen MR) is 140 cm³/mol. The number of rotatable bonds is 15. The first-order chi connectivity index (χ1) is 18.5. The van der Waals surface area contributed by atoms with E-state index in [0.29, 0.717) is 63.1 Å². The summed E-state index contributed by atoms with van der Waals surface area (Å²) in [5.41, 5.74) is 6.88. The van der Waals surface area contributed by atoms with E-state index in [0.717, 1.165) is 37.4 Å². The zero-order valence-electron chi connectivity index (χ0n) is 21.5. The number of carbonyl (C=O) groups excluding carboxylic acids is 1. The highest BCUT2D eigenvalue weighted by atomic mass is 35.5. The molecule has 2 fully saturated rings. The van der Waals surface area contributed by atoms with Crippen LogP contribution in [-0.4, -0.2) is 104 Å².